The Morgan fingerprint density at radius 2 is 2.00 bits per heavy atom. The summed E-state index contributed by atoms with van der Waals surface area (Å²) >= 11 is 0. The molecule has 0 radical (unpaired) electrons. The molecule has 0 saturated heterocycles. The van der Waals surface area contributed by atoms with Gasteiger partial charge in [-0.1, -0.05) is 6.07 Å². The van der Waals surface area contributed by atoms with Crippen LogP contribution in [0.2, 0.25) is 0 Å². The van der Waals surface area contributed by atoms with Crippen molar-refractivity contribution in [2.24, 2.45) is 0 Å². The van der Waals surface area contributed by atoms with Gasteiger partial charge in [0.05, 0.1) is 24.2 Å². The lowest BCUT2D eigenvalue weighted by atomic mass is 10.1. The van der Waals surface area contributed by atoms with E-state index in [1.54, 1.807) is 13.0 Å². The molecule has 0 spiro atoms. The van der Waals surface area contributed by atoms with Crippen LogP contribution in [0.1, 0.15) is 15.9 Å². The van der Waals surface area contributed by atoms with Crippen molar-refractivity contribution in [2.75, 3.05) is 27.4 Å². The van der Waals surface area contributed by atoms with Crippen LogP contribution in [0.4, 0.5) is 0 Å². The number of rotatable bonds is 6. The van der Waals surface area contributed by atoms with Gasteiger partial charge in [-0.2, -0.15) is 0 Å². The van der Waals surface area contributed by atoms with Crippen LogP contribution >= 0.6 is 0 Å². The minimum absolute atomic E-state index is 0.0228. The van der Waals surface area contributed by atoms with Gasteiger partial charge in [0.25, 0.3) is 0 Å². The average Bonchev–Trinajstić information content (AvgIpc) is 2.38. The molecule has 106 valence electrons. The van der Waals surface area contributed by atoms with Crippen LogP contribution in [0.5, 0.6) is 0 Å². The zero-order valence-corrected chi connectivity index (χ0v) is 11.9. The van der Waals surface area contributed by atoms with Crippen molar-refractivity contribution in [3.63, 3.8) is 0 Å². The first-order valence-corrected chi connectivity index (χ1v) is 7.08. The molecule has 0 saturated carbocycles. The molecule has 0 aliphatic rings. The second kappa shape index (κ2) is 6.65. The van der Waals surface area contributed by atoms with E-state index in [1.807, 2.05) is 0 Å². The maximum Gasteiger partial charge on any atom is 0.338 e. The van der Waals surface area contributed by atoms with Crippen LogP contribution in [-0.4, -0.2) is 41.8 Å². The third-order valence-corrected chi connectivity index (χ3v) is 3.98. The van der Waals surface area contributed by atoms with Crippen LogP contribution in [-0.2, 0) is 19.5 Å². The zero-order valence-electron chi connectivity index (χ0n) is 11.1. The van der Waals surface area contributed by atoms with Gasteiger partial charge < -0.3 is 9.47 Å². The summed E-state index contributed by atoms with van der Waals surface area (Å²) < 4.78 is 35.7. The Hall–Kier alpha value is -1.44. The Labute approximate surface area is 112 Å². The van der Waals surface area contributed by atoms with E-state index in [0.717, 1.165) is 0 Å². The summed E-state index contributed by atoms with van der Waals surface area (Å²) in [7, 11) is -0.920. The fourth-order valence-electron chi connectivity index (χ4n) is 1.46. The van der Waals surface area contributed by atoms with E-state index in [2.05, 4.69) is 9.46 Å². The predicted molar refractivity (Wildman–Crippen MR) is 69.6 cm³/mol. The smallest absolute Gasteiger partial charge is 0.338 e. The van der Waals surface area contributed by atoms with Crippen LogP contribution in [0, 0.1) is 6.92 Å². The number of esters is 1. The summed E-state index contributed by atoms with van der Waals surface area (Å²) in [5.41, 5.74) is 0.889. The third kappa shape index (κ3) is 4.02. The summed E-state index contributed by atoms with van der Waals surface area (Å²) in [4.78, 5) is 11.5. The van der Waals surface area contributed by atoms with Crippen molar-refractivity contribution < 1.29 is 22.7 Å². The van der Waals surface area contributed by atoms with Gasteiger partial charge in [0.1, 0.15) is 0 Å². The number of nitrogens with one attached hydrogen (secondary N) is 1. The van der Waals surface area contributed by atoms with E-state index < -0.39 is 16.0 Å². The van der Waals surface area contributed by atoms with Gasteiger partial charge in [-0.25, -0.2) is 17.9 Å². The molecule has 0 amide bonds. The summed E-state index contributed by atoms with van der Waals surface area (Å²) in [6.45, 7) is 2.15. The number of hydrogen-bond donors (Lipinski definition) is 1. The molecule has 7 heteroatoms. The first kappa shape index (κ1) is 15.6. The first-order chi connectivity index (χ1) is 8.92. The predicted octanol–water partition coefficient (Wildman–Crippen LogP) is 0.706. The molecule has 1 aromatic carbocycles. The highest BCUT2D eigenvalue weighted by Gasteiger charge is 2.17. The second-order valence-electron chi connectivity index (χ2n) is 3.86. The Balaban J connectivity index is 3.04. The van der Waals surface area contributed by atoms with Crippen LogP contribution in [0.25, 0.3) is 0 Å². The Morgan fingerprint density at radius 3 is 2.58 bits per heavy atom. The van der Waals surface area contributed by atoms with Gasteiger partial charge >= 0.3 is 5.97 Å². The van der Waals surface area contributed by atoms with Crippen LogP contribution in [0.3, 0.4) is 0 Å². The molecule has 0 aliphatic carbocycles. The minimum Gasteiger partial charge on any atom is -0.465 e. The lowest BCUT2D eigenvalue weighted by Crippen LogP contribution is -2.27. The summed E-state index contributed by atoms with van der Waals surface area (Å²) in [6, 6.07) is 4.31. The van der Waals surface area contributed by atoms with E-state index in [0.29, 0.717) is 5.56 Å². The average molecular weight is 287 g/mol. The molecule has 0 unspecified atom stereocenters. The molecular formula is C12H17NO5S. The van der Waals surface area contributed by atoms with Gasteiger partial charge in [-0.3, -0.25) is 0 Å². The number of ether oxygens (including phenoxy) is 2. The van der Waals surface area contributed by atoms with Crippen molar-refractivity contribution >= 4 is 16.0 Å². The van der Waals surface area contributed by atoms with Crippen LogP contribution < -0.4 is 4.72 Å². The number of methoxy groups -OCH3 is 2. The van der Waals surface area contributed by atoms with Gasteiger partial charge in [0, 0.05) is 13.7 Å². The maximum atomic E-state index is 12.0. The van der Waals surface area contributed by atoms with E-state index in [9.17, 15) is 13.2 Å². The number of hydrogen-bond acceptors (Lipinski definition) is 5. The molecule has 1 N–H and O–H groups in total. The van der Waals surface area contributed by atoms with Crippen molar-refractivity contribution in [2.45, 2.75) is 11.8 Å². The molecule has 0 heterocycles. The lowest BCUT2D eigenvalue weighted by molar-refractivity contribution is 0.0599. The molecule has 0 fully saturated rings. The van der Waals surface area contributed by atoms with Crippen molar-refractivity contribution in [3.05, 3.63) is 29.3 Å². The summed E-state index contributed by atoms with van der Waals surface area (Å²) in [6.07, 6.45) is 0. The monoisotopic (exact) mass is 287 g/mol. The first-order valence-electron chi connectivity index (χ1n) is 5.60. The van der Waals surface area contributed by atoms with Gasteiger partial charge in [-0.05, 0) is 24.6 Å². The molecule has 0 bridgehead atoms. The largest absolute Gasteiger partial charge is 0.465 e. The fraction of sp³-hybridized carbons (Fsp3) is 0.417. The quantitative estimate of drug-likeness (QED) is 0.615. The minimum atomic E-state index is -3.65. The SMILES string of the molecule is COCCNS(=O)(=O)c1ccc(C)c(C(=O)OC)c1. The molecule has 1 aromatic rings. The number of carbonyl (C=O) groups excluding carboxylic acids is 1. The summed E-state index contributed by atoms with van der Waals surface area (Å²) in [5, 5.41) is 0. The van der Waals surface area contributed by atoms with Crippen molar-refractivity contribution in [1.82, 2.24) is 4.72 Å². The Kier molecular flexibility index (Phi) is 5.46. The molecular weight excluding hydrogens is 270 g/mol. The van der Waals surface area contributed by atoms with E-state index >= 15 is 0 Å². The second-order valence-corrected chi connectivity index (χ2v) is 5.63. The highest BCUT2D eigenvalue weighted by atomic mass is 32.2. The molecule has 1 rings (SSSR count). The standard InChI is InChI=1S/C12H17NO5S/c1-9-4-5-10(8-11(9)12(14)18-3)19(15,16)13-6-7-17-2/h4-5,8,13H,6-7H2,1-3H3. The lowest BCUT2D eigenvalue weighted by Gasteiger charge is -2.09. The topological polar surface area (TPSA) is 81.7 Å². The third-order valence-electron chi connectivity index (χ3n) is 2.52. The molecule has 0 aromatic heterocycles. The van der Waals surface area contributed by atoms with E-state index in [1.165, 1.54) is 26.4 Å². The Morgan fingerprint density at radius 1 is 1.32 bits per heavy atom. The van der Waals surface area contributed by atoms with E-state index in [-0.39, 0.29) is 23.6 Å². The highest BCUT2D eigenvalue weighted by Crippen LogP contribution is 2.16. The normalized spacial score (nSPS) is 11.3. The van der Waals surface area contributed by atoms with E-state index in [4.69, 9.17) is 4.74 Å². The van der Waals surface area contributed by atoms with Gasteiger partial charge in [-0.15, -0.1) is 0 Å². The Bertz CT molecular complexity index is 553. The molecule has 6 nitrogen and oxygen atoms in total. The molecule has 19 heavy (non-hydrogen) atoms. The number of aryl methyl sites for hydroxylation is 1. The molecule has 0 aliphatic heterocycles. The maximum absolute atomic E-state index is 12.0. The van der Waals surface area contributed by atoms with Crippen molar-refractivity contribution in [1.29, 1.82) is 0 Å². The summed E-state index contributed by atoms with van der Waals surface area (Å²) in [5.74, 6) is -0.563. The number of benzene rings is 1. The number of carbonyl (C=O) groups is 1. The molecule has 0 atom stereocenters. The van der Waals surface area contributed by atoms with Gasteiger partial charge in [0.15, 0.2) is 0 Å². The zero-order chi connectivity index (χ0) is 14.5. The van der Waals surface area contributed by atoms with Crippen LogP contribution in [0.15, 0.2) is 23.1 Å². The van der Waals surface area contributed by atoms with Gasteiger partial charge in [0.2, 0.25) is 10.0 Å². The number of sulfonamides is 1. The fourth-order valence-corrected chi connectivity index (χ4v) is 2.50. The highest BCUT2D eigenvalue weighted by molar-refractivity contribution is 7.89. The van der Waals surface area contributed by atoms with Crippen molar-refractivity contribution in [3.8, 4) is 0 Å².